The van der Waals surface area contributed by atoms with Crippen LogP contribution in [0.15, 0.2) is 24.3 Å². The molecular weight excluding hydrogens is 262 g/mol. The van der Waals surface area contributed by atoms with Gasteiger partial charge in [0.05, 0.1) is 12.7 Å². The van der Waals surface area contributed by atoms with Gasteiger partial charge in [-0.25, -0.2) is 9.59 Å². The molecule has 0 bridgehead atoms. The fraction of sp³-hybridized carbons (Fsp3) is 0.308. The number of methoxy groups -OCH3 is 1. The van der Waals surface area contributed by atoms with Crippen LogP contribution in [0.2, 0.25) is 0 Å². The molecule has 106 valence electrons. The highest BCUT2D eigenvalue weighted by atomic mass is 16.5. The van der Waals surface area contributed by atoms with Crippen LogP contribution >= 0.6 is 0 Å². The quantitative estimate of drug-likeness (QED) is 0.700. The fourth-order valence-electron chi connectivity index (χ4n) is 1.86. The number of benzene rings is 1. The molecule has 1 fully saturated rings. The van der Waals surface area contributed by atoms with Gasteiger partial charge in [0.2, 0.25) is 5.91 Å². The molecule has 1 heterocycles. The van der Waals surface area contributed by atoms with Crippen molar-refractivity contribution in [2.24, 2.45) is 0 Å². The monoisotopic (exact) mass is 277 g/mol. The first-order valence-electron chi connectivity index (χ1n) is 6.14. The zero-order chi connectivity index (χ0) is 14.5. The zero-order valence-corrected chi connectivity index (χ0v) is 10.9. The van der Waals surface area contributed by atoms with E-state index in [0.717, 1.165) is 0 Å². The molecule has 3 N–H and O–H groups in total. The molecule has 0 aromatic heterocycles. The Morgan fingerprint density at radius 1 is 1.30 bits per heavy atom. The lowest BCUT2D eigenvalue weighted by Crippen LogP contribution is -2.42. The molecule has 0 saturated carbocycles. The van der Waals surface area contributed by atoms with Crippen molar-refractivity contribution in [2.75, 3.05) is 19.0 Å². The lowest BCUT2D eigenvalue weighted by molar-refractivity contribution is -0.120. The summed E-state index contributed by atoms with van der Waals surface area (Å²) in [5.74, 6) is -0.621. The molecule has 20 heavy (non-hydrogen) atoms. The van der Waals surface area contributed by atoms with Crippen LogP contribution in [0.4, 0.5) is 10.5 Å². The van der Waals surface area contributed by atoms with E-state index in [4.69, 9.17) is 0 Å². The summed E-state index contributed by atoms with van der Waals surface area (Å²) in [6.07, 6.45) is 0.577. The summed E-state index contributed by atoms with van der Waals surface area (Å²) < 4.78 is 4.57. The third-order valence-electron chi connectivity index (χ3n) is 2.92. The first kappa shape index (κ1) is 13.9. The average Bonchev–Trinajstić information content (AvgIpc) is 2.84. The molecule has 3 amide bonds. The molecular formula is C13H15N3O4. The van der Waals surface area contributed by atoms with Gasteiger partial charge in [0.15, 0.2) is 0 Å². The van der Waals surface area contributed by atoms with Crippen LogP contribution in [-0.2, 0) is 9.53 Å². The number of esters is 1. The van der Waals surface area contributed by atoms with Gasteiger partial charge in [-0.05, 0) is 30.7 Å². The maximum Gasteiger partial charge on any atom is 0.337 e. The SMILES string of the molecule is COC(=O)c1ccc(NC(=O)N[C@@H]2CCNC2=O)cc1. The number of carbonyl (C=O) groups is 3. The number of ether oxygens (including phenoxy) is 1. The molecule has 1 aromatic rings. The number of hydrogen-bond donors (Lipinski definition) is 3. The molecule has 1 aliphatic rings. The standard InChI is InChI=1S/C13H15N3O4/c1-20-12(18)8-2-4-9(5-3-8)15-13(19)16-10-6-7-14-11(10)17/h2-5,10H,6-7H2,1H3,(H,14,17)(H2,15,16,19)/t10-/m1/s1. The van der Waals surface area contributed by atoms with E-state index in [2.05, 4.69) is 20.7 Å². The van der Waals surface area contributed by atoms with E-state index in [1.54, 1.807) is 24.3 Å². The van der Waals surface area contributed by atoms with Crippen LogP contribution in [0.5, 0.6) is 0 Å². The Labute approximate surface area is 115 Å². The van der Waals surface area contributed by atoms with Crippen molar-refractivity contribution in [3.8, 4) is 0 Å². The molecule has 0 radical (unpaired) electrons. The van der Waals surface area contributed by atoms with Gasteiger partial charge in [0, 0.05) is 12.2 Å². The van der Waals surface area contributed by atoms with Crippen molar-refractivity contribution in [1.29, 1.82) is 0 Å². The van der Waals surface area contributed by atoms with Crippen molar-refractivity contribution < 1.29 is 19.1 Å². The van der Waals surface area contributed by atoms with Gasteiger partial charge in [0.1, 0.15) is 6.04 Å². The van der Waals surface area contributed by atoms with E-state index in [0.29, 0.717) is 24.2 Å². The summed E-state index contributed by atoms with van der Waals surface area (Å²) in [6, 6.07) is 5.30. The summed E-state index contributed by atoms with van der Waals surface area (Å²) in [4.78, 5) is 34.3. The molecule has 1 saturated heterocycles. The van der Waals surface area contributed by atoms with Gasteiger partial charge in [-0.3, -0.25) is 4.79 Å². The molecule has 0 spiro atoms. The molecule has 1 aliphatic heterocycles. The van der Waals surface area contributed by atoms with Crippen LogP contribution in [0.25, 0.3) is 0 Å². The van der Waals surface area contributed by atoms with Crippen LogP contribution in [0.3, 0.4) is 0 Å². The highest BCUT2D eigenvalue weighted by Crippen LogP contribution is 2.10. The molecule has 2 rings (SSSR count). The third kappa shape index (κ3) is 3.25. The Morgan fingerprint density at radius 3 is 2.55 bits per heavy atom. The predicted molar refractivity (Wildman–Crippen MR) is 71.4 cm³/mol. The Hall–Kier alpha value is -2.57. The zero-order valence-electron chi connectivity index (χ0n) is 10.9. The van der Waals surface area contributed by atoms with E-state index >= 15 is 0 Å². The Kier molecular flexibility index (Phi) is 4.19. The minimum absolute atomic E-state index is 0.179. The summed E-state index contributed by atoms with van der Waals surface area (Å²) in [6.45, 7) is 0.567. The predicted octanol–water partition coefficient (Wildman–Crippen LogP) is 0.483. The van der Waals surface area contributed by atoms with Crippen molar-refractivity contribution >= 4 is 23.6 Å². The first-order chi connectivity index (χ1) is 9.60. The lowest BCUT2D eigenvalue weighted by Gasteiger charge is -2.11. The smallest absolute Gasteiger partial charge is 0.337 e. The number of nitrogens with one attached hydrogen (secondary N) is 3. The van der Waals surface area contributed by atoms with Crippen LogP contribution in [-0.4, -0.2) is 37.6 Å². The number of urea groups is 1. The third-order valence-corrected chi connectivity index (χ3v) is 2.92. The summed E-state index contributed by atoms with van der Waals surface area (Å²) in [5.41, 5.74) is 0.919. The van der Waals surface area contributed by atoms with Gasteiger partial charge in [0.25, 0.3) is 0 Å². The van der Waals surface area contributed by atoms with Gasteiger partial charge in [-0.2, -0.15) is 0 Å². The Balaban J connectivity index is 1.91. The second-order valence-corrected chi connectivity index (χ2v) is 4.30. The molecule has 7 heteroatoms. The molecule has 0 aliphatic carbocycles. The largest absolute Gasteiger partial charge is 0.465 e. The van der Waals surface area contributed by atoms with Crippen molar-refractivity contribution in [2.45, 2.75) is 12.5 Å². The Morgan fingerprint density at radius 2 is 2.00 bits per heavy atom. The van der Waals surface area contributed by atoms with E-state index in [1.165, 1.54) is 7.11 Å². The number of carbonyl (C=O) groups excluding carboxylic acids is 3. The first-order valence-corrected chi connectivity index (χ1v) is 6.14. The van der Waals surface area contributed by atoms with Gasteiger partial charge >= 0.3 is 12.0 Å². The fourth-order valence-corrected chi connectivity index (χ4v) is 1.86. The van der Waals surface area contributed by atoms with Crippen LogP contribution in [0.1, 0.15) is 16.8 Å². The van der Waals surface area contributed by atoms with E-state index < -0.39 is 18.0 Å². The second kappa shape index (κ2) is 6.05. The molecule has 1 atom stereocenters. The maximum absolute atomic E-state index is 11.7. The maximum atomic E-state index is 11.7. The second-order valence-electron chi connectivity index (χ2n) is 4.30. The van der Waals surface area contributed by atoms with Gasteiger partial charge < -0.3 is 20.7 Å². The van der Waals surface area contributed by atoms with Crippen LogP contribution in [0, 0.1) is 0 Å². The van der Waals surface area contributed by atoms with Crippen molar-refractivity contribution in [3.05, 3.63) is 29.8 Å². The summed E-state index contributed by atoms with van der Waals surface area (Å²) >= 11 is 0. The van der Waals surface area contributed by atoms with E-state index in [-0.39, 0.29) is 5.91 Å². The minimum Gasteiger partial charge on any atom is -0.465 e. The Bertz CT molecular complexity index is 527. The lowest BCUT2D eigenvalue weighted by atomic mass is 10.2. The van der Waals surface area contributed by atoms with E-state index in [1.807, 2.05) is 0 Å². The van der Waals surface area contributed by atoms with Gasteiger partial charge in [-0.1, -0.05) is 0 Å². The molecule has 1 aromatic carbocycles. The normalized spacial score (nSPS) is 17.2. The van der Waals surface area contributed by atoms with E-state index in [9.17, 15) is 14.4 Å². The highest BCUT2D eigenvalue weighted by molar-refractivity contribution is 5.95. The van der Waals surface area contributed by atoms with Crippen molar-refractivity contribution in [3.63, 3.8) is 0 Å². The van der Waals surface area contributed by atoms with Crippen molar-refractivity contribution in [1.82, 2.24) is 10.6 Å². The van der Waals surface area contributed by atoms with Gasteiger partial charge in [-0.15, -0.1) is 0 Å². The highest BCUT2D eigenvalue weighted by Gasteiger charge is 2.25. The summed E-state index contributed by atoms with van der Waals surface area (Å²) in [7, 11) is 1.30. The summed E-state index contributed by atoms with van der Waals surface area (Å²) in [5, 5.41) is 7.80. The topological polar surface area (TPSA) is 96.5 Å². The molecule has 0 unspecified atom stereocenters. The number of rotatable bonds is 3. The number of anilines is 1. The molecule has 7 nitrogen and oxygen atoms in total. The average molecular weight is 277 g/mol. The minimum atomic E-state index is -0.496. The number of hydrogen-bond acceptors (Lipinski definition) is 4. The number of amides is 3. The van der Waals surface area contributed by atoms with Crippen LogP contribution < -0.4 is 16.0 Å².